The van der Waals surface area contributed by atoms with Gasteiger partial charge < -0.3 is 5.32 Å². The predicted octanol–water partition coefficient (Wildman–Crippen LogP) is 2.06. The number of rotatable bonds is 4. The van der Waals surface area contributed by atoms with Crippen molar-refractivity contribution in [2.45, 2.75) is 33.7 Å². The summed E-state index contributed by atoms with van der Waals surface area (Å²) in [5, 5.41) is 9.28. The molecular formula is C9H17N3S. The maximum atomic E-state index is 3.96. The second kappa shape index (κ2) is 4.67. The highest BCUT2D eigenvalue weighted by Crippen LogP contribution is 2.16. The zero-order chi connectivity index (χ0) is 9.73. The normalized spacial score (nSPS) is 11.9. The third kappa shape index (κ3) is 4.95. The van der Waals surface area contributed by atoms with Crippen molar-refractivity contribution in [2.75, 3.05) is 6.54 Å². The van der Waals surface area contributed by atoms with Crippen molar-refractivity contribution < 1.29 is 0 Å². The topological polar surface area (TPSA) is 37.8 Å². The Labute approximate surface area is 83.7 Å². The molecule has 0 unspecified atom stereocenters. The van der Waals surface area contributed by atoms with Crippen LogP contribution < -0.4 is 5.32 Å². The first-order valence-corrected chi connectivity index (χ1v) is 5.38. The third-order valence-corrected chi connectivity index (χ3v) is 2.32. The smallest absolute Gasteiger partial charge is 0.0893 e. The van der Waals surface area contributed by atoms with Gasteiger partial charge in [0, 0.05) is 11.9 Å². The summed E-state index contributed by atoms with van der Waals surface area (Å²) >= 11 is 1.40. The lowest BCUT2D eigenvalue weighted by molar-refractivity contribution is 0.366. The Bertz CT molecular complexity index is 226. The van der Waals surface area contributed by atoms with Crippen LogP contribution in [0.1, 0.15) is 32.9 Å². The lowest BCUT2D eigenvalue weighted by atomic mass is 9.92. The van der Waals surface area contributed by atoms with Crippen molar-refractivity contribution >= 4 is 11.5 Å². The lowest BCUT2D eigenvalue weighted by Crippen LogP contribution is -2.20. The van der Waals surface area contributed by atoms with E-state index in [0.29, 0.717) is 5.41 Å². The molecular weight excluding hydrogens is 182 g/mol. The van der Waals surface area contributed by atoms with E-state index in [1.54, 1.807) is 0 Å². The van der Waals surface area contributed by atoms with Gasteiger partial charge in [-0.1, -0.05) is 25.3 Å². The van der Waals surface area contributed by atoms with E-state index in [9.17, 15) is 0 Å². The first kappa shape index (κ1) is 10.6. The summed E-state index contributed by atoms with van der Waals surface area (Å²) in [4.78, 5) is 0. The van der Waals surface area contributed by atoms with Crippen LogP contribution in [0.4, 0.5) is 0 Å². The van der Waals surface area contributed by atoms with E-state index < -0.39 is 0 Å². The first-order valence-electron chi connectivity index (χ1n) is 4.54. The van der Waals surface area contributed by atoms with E-state index in [2.05, 4.69) is 35.7 Å². The van der Waals surface area contributed by atoms with Gasteiger partial charge in [0.15, 0.2) is 0 Å². The molecule has 1 rings (SSSR count). The molecule has 0 aliphatic rings. The molecule has 4 heteroatoms. The molecule has 13 heavy (non-hydrogen) atoms. The fraction of sp³-hybridized carbons (Fsp3) is 0.778. The average Bonchev–Trinajstić information content (AvgIpc) is 2.48. The number of nitrogens with one attached hydrogen (secondary N) is 1. The monoisotopic (exact) mass is 199 g/mol. The molecule has 0 saturated heterocycles. The highest BCUT2D eigenvalue weighted by molar-refractivity contribution is 7.03. The maximum absolute atomic E-state index is 3.96. The van der Waals surface area contributed by atoms with Crippen molar-refractivity contribution in [3.8, 4) is 0 Å². The quantitative estimate of drug-likeness (QED) is 0.754. The van der Waals surface area contributed by atoms with Crippen LogP contribution in [0.2, 0.25) is 0 Å². The van der Waals surface area contributed by atoms with Crippen LogP contribution in [-0.2, 0) is 6.54 Å². The standard InChI is InChI=1S/C9H17N3S/c1-9(2,3)4-5-10-6-8-7-13-12-11-8/h7,10H,4-6H2,1-3H3. The summed E-state index contributed by atoms with van der Waals surface area (Å²) in [6, 6.07) is 0. The van der Waals surface area contributed by atoms with Crippen molar-refractivity contribution in [1.29, 1.82) is 0 Å². The maximum Gasteiger partial charge on any atom is 0.0893 e. The Balaban J connectivity index is 2.09. The van der Waals surface area contributed by atoms with Crippen molar-refractivity contribution in [3.05, 3.63) is 11.1 Å². The van der Waals surface area contributed by atoms with E-state index in [4.69, 9.17) is 0 Å². The van der Waals surface area contributed by atoms with E-state index in [1.165, 1.54) is 18.0 Å². The highest BCUT2D eigenvalue weighted by atomic mass is 32.1. The van der Waals surface area contributed by atoms with Gasteiger partial charge in [0.05, 0.1) is 5.69 Å². The number of nitrogens with zero attached hydrogens (tertiary/aromatic N) is 2. The molecule has 0 aromatic carbocycles. The molecule has 0 atom stereocenters. The van der Waals surface area contributed by atoms with Crippen LogP contribution in [0.3, 0.4) is 0 Å². The van der Waals surface area contributed by atoms with Crippen molar-refractivity contribution in [3.63, 3.8) is 0 Å². The SMILES string of the molecule is CC(C)(C)CCNCc1csnn1. The molecule has 1 aromatic heterocycles. The van der Waals surface area contributed by atoms with Gasteiger partial charge in [-0.15, -0.1) is 5.10 Å². The minimum Gasteiger partial charge on any atom is -0.311 e. The molecule has 0 saturated carbocycles. The molecule has 0 aliphatic carbocycles. The first-order chi connectivity index (χ1) is 6.08. The molecule has 1 heterocycles. The second-order valence-corrected chi connectivity index (χ2v) is 4.99. The van der Waals surface area contributed by atoms with Crippen molar-refractivity contribution in [1.82, 2.24) is 14.9 Å². The van der Waals surface area contributed by atoms with Gasteiger partial charge >= 0.3 is 0 Å². The summed E-state index contributed by atoms with van der Waals surface area (Å²) in [5.74, 6) is 0. The largest absolute Gasteiger partial charge is 0.311 e. The Morgan fingerprint density at radius 3 is 2.77 bits per heavy atom. The molecule has 0 fully saturated rings. The third-order valence-electron chi connectivity index (χ3n) is 1.76. The van der Waals surface area contributed by atoms with Gasteiger partial charge in [0.1, 0.15) is 0 Å². The van der Waals surface area contributed by atoms with Crippen LogP contribution in [0.5, 0.6) is 0 Å². The van der Waals surface area contributed by atoms with Gasteiger partial charge in [0.25, 0.3) is 0 Å². The van der Waals surface area contributed by atoms with Gasteiger partial charge in [-0.05, 0) is 29.9 Å². The molecule has 0 radical (unpaired) electrons. The minimum absolute atomic E-state index is 0.410. The lowest BCUT2D eigenvalue weighted by Gasteiger charge is -2.17. The van der Waals surface area contributed by atoms with E-state index in [-0.39, 0.29) is 0 Å². The molecule has 0 spiro atoms. The average molecular weight is 199 g/mol. The van der Waals surface area contributed by atoms with E-state index in [1.807, 2.05) is 5.38 Å². The van der Waals surface area contributed by atoms with Gasteiger partial charge in [0.2, 0.25) is 0 Å². The van der Waals surface area contributed by atoms with Gasteiger partial charge in [-0.25, -0.2) is 0 Å². The van der Waals surface area contributed by atoms with Crippen molar-refractivity contribution in [2.24, 2.45) is 5.41 Å². The minimum atomic E-state index is 0.410. The molecule has 3 nitrogen and oxygen atoms in total. The molecule has 0 amide bonds. The van der Waals surface area contributed by atoms with Crippen LogP contribution in [0.25, 0.3) is 0 Å². The Kier molecular flexibility index (Phi) is 3.81. The fourth-order valence-corrected chi connectivity index (χ4v) is 1.39. The second-order valence-electron chi connectivity index (χ2n) is 4.38. The molecule has 74 valence electrons. The number of hydrogen-bond donors (Lipinski definition) is 1. The molecule has 0 bridgehead atoms. The summed E-state index contributed by atoms with van der Waals surface area (Å²) < 4.78 is 3.80. The predicted molar refractivity (Wildman–Crippen MR) is 55.7 cm³/mol. The molecule has 0 aliphatic heterocycles. The molecule has 1 N–H and O–H groups in total. The fourth-order valence-electron chi connectivity index (χ4n) is 0.941. The summed E-state index contributed by atoms with van der Waals surface area (Å²) in [7, 11) is 0. The Hall–Kier alpha value is -0.480. The van der Waals surface area contributed by atoms with Crippen LogP contribution in [-0.4, -0.2) is 16.1 Å². The van der Waals surface area contributed by atoms with Crippen LogP contribution in [0.15, 0.2) is 5.38 Å². The number of hydrogen-bond acceptors (Lipinski definition) is 4. The van der Waals surface area contributed by atoms with E-state index >= 15 is 0 Å². The zero-order valence-electron chi connectivity index (χ0n) is 8.50. The van der Waals surface area contributed by atoms with Crippen LogP contribution in [0, 0.1) is 5.41 Å². The van der Waals surface area contributed by atoms with Crippen LogP contribution >= 0.6 is 11.5 Å². The van der Waals surface area contributed by atoms with Gasteiger partial charge in [-0.3, -0.25) is 0 Å². The summed E-state index contributed by atoms with van der Waals surface area (Å²) in [6.45, 7) is 8.63. The summed E-state index contributed by atoms with van der Waals surface area (Å²) in [6.07, 6.45) is 1.19. The Morgan fingerprint density at radius 1 is 1.46 bits per heavy atom. The molecule has 1 aromatic rings. The number of aromatic nitrogens is 2. The van der Waals surface area contributed by atoms with E-state index in [0.717, 1.165) is 18.8 Å². The van der Waals surface area contributed by atoms with Gasteiger partial charge in [-0.2, -0.15) is 0 Å². The highest BCUT2D eigenvalue weighted by Gasteiger charge is 2.08. The zero-order valence-corrected chi connectivity index (χ0v) is 9.32. The summed E-state index contributed by atoms with van der Waals surface area (Å²) in [5.41, 5.74) is 1.45. The Morgan fingerprint density at radius 2 is 2.23 bits per heavy atom.